The Bertz CT molecular complexity index is 611. The molecule has 6 nitrogen and oxygen atoms in total. The highest BCUT2D eigenvalue weighted by Crippen LogP contribution is 2.23. The van der Waals surface area contributed by atoms with Crippen LogP contribution < -0.4 is 5.56 Å². The average molecular weight is 246 g/mol. The molecule has 1 N–H and O–H groups in total. The maximum absolute atomic E-state index is 11.7. The van der Waals surface area contributed by atoms with Crippen LogP contribution in [-0.4, -0.2) is 33.0 Å². The Morgan fingerprint density at radius 1 is 1.56 bits per heavy atom. The first-order valence-electron chi connectivity index (χ1n) is 5.90. The summed E-state index contributed by atoms with van der Waals surface area (Å²) in [5, 5.41) is 4.09. The molecular weight excluding hydrogens is 232 g/mol. The van der Waals surface area contributed by atoms with Crippen LogP contribution in [0.25, 0.3) is 11.3 Å². The van der Waals surface area contributed by atoms with Gasteiger partial charge in [-0.1, -0.05) is 0 Å². The molecule has 1 fully saturated rings. The molecule has 1 unspecified atom stereocenters. The number of aryl methyl sites for hydroxylation is 1. The Labute approximate surface area is 104 Å². The first kappa shape index (κ1) is 11.2. The Morgan fingerprint density at radius 3 is 3.11 bits per heavy atom. The van der Waals surface area contributed by atoms with Crippen molar-refractivity contribution in [2.45, 2.75) is 12.3 Å². The second kappa shape index (κ2) is 4.38. The van der Waals surface area contributed by atoms with Crippen molar-refractivity contribution in [1.82, 2.24) is 19.7 Å². The Kier molecular flexibility index (Phi) is 2.71. The number of rotatable bonds is 2. The summed E-state index contributed by atoms with van der Waals surface area (Å²) in [7, 11) is 1.84. The van der Waals surface area contributed by atoms with Crippen molar-refractivity contribution >= 4 is 0 Å². The third kappa shape index (κ3) is 2.06. The number of nitrogens with one attached hydrogen (secondary N) is 1. The van der Waals surface area contributed by atoms with Crippen LogP contribution in [-0.2, 0) is 11.8 Å². The van der Waals surface area contributed by atoms with E-state index >= 15 is 0 Å². The summed E-state index contributed by atoms with van der Waals surface area (Å²) in [5.74, 6) is 0.896. The monoisotopic (exact) mass is 246 g/mol. The van der Waals surface area contributed by atoms with E-state index in [0.29, 0.717) is 18.1 Å². The molecule has 0 aliphatic carbocycles. The summed E-state index contributed by atoms with van der Waals surface area (Å²) in [4.78, 5) is 19.0. The summed E-state index contributed by atoms with van der Waals surface area (Å²) in [5.41, 5.74) is 1.38. The van der Waals surface area contributed by atoms with Crippen molar-refractivity contribution in [3.8, 4) is 11.3 Å². The van der Waals surface area contributed by atoms with Crippen molar-refractivity contribution in [2.75, 3.05) is 13.2 Å². The van der Waals surface area contributed by atoms with Gasteiger partial charge in [-0.3, -0.25) is 9.48 Å². The van der Waals surface area contributed by atoms with Gasteiger partial charge in [0.1, 0.15) is 5.82 Å². The van der Waals surface area contributed by atoms with Crippen molar-refractivity contribution in [3.63, 3.8) is 0 Å². The van der Waals surface area contributed by atoms with Gasteiger partial charge >= 0.3 is 0 Å². The van der Waals surface area contributed by atoms with Crippen molar-refractivity contribution in [2.24, 2.45) is 7.05 Å². The Balaban J connectivity index is 2.02. The molecule has 6 heteroatoms. The lowest BCUT2D eigenvalue weighted by molar-refractivity contribution is 0.193. The van der Waals surface area contributed by atoms with Gasteiger partial charge in [0, 0.05) is 37.4 Å². The van der Waals surface area contributed by atoms with E-state index in [1.807, 2.05) is 13.2 Å². The Morgan fingerprint density at radius 2 is 2.44 bits per heavy atom. The van der Waals surface area contributed by atoms with Gasteiger partial charge < -0.3 is 9.72 Å². The quantitative estimate of drug-likeness (QED) is 0.845. The molecule has 1 aliphatic rings. The predicted octanol–water partition coefficient (Wildman–Crippen LogP) is 0.674. The standard InChI is InChI=1S/C12H14N4O2/c1-16-6-9(5-13-16)10-4-11(17)15-12(14-10)8-2-3-18-7-8/h4-6,8H,2-3,7H2,1H3,(H,14,15,17). The molecule has 0 aromatic carbocycles. The van der Waals surface area contributed by atoms with Crippen molar-refractivity contribution in [1.29, 1.82) is 0 Å². The topological polar surface area (TPSA) is 72.8 Å². The van der Waals surface area contributed by atoms with Crippen LogP contribution in [0, 0.1) is 0 Å². The molecule has 1 atom stereocenters. The largest absolute Gasteiger partial charge is 0.381 e. The number of hydrogen-bond acceptors (Lipinski definition) is 4. The smallest absolute Gasteiger partial charge is 0.251 e. The molecule has 2 aromatic rings. The van der Waals surface area contributed by atoms with E-state index in [4.69, 9.17) is 4.74 Å². The molecule has 1 aliphatic heterocycles. The van der Waals surface area contributed by atoms with E-state index < -0.39 is 0 Å². The van der Waals surface area contributed by atoms with E-state index in [2.05, 4.69) is 15.1 Å². The van der Waals surface area contributed by atoms with Gasteiger partial charge in [-0.05, 0) is 6.42 Å². The fourth-order valence-corrected chi connectivity index (χ4v) is 2.12. The molecule has 18 heavy (non-hydrogen) atoms. The van der Waals surface area contributed by atoms with Crippen LogP contribution in [0.5, 0.6) is 0 Å². The fourth-order valence-electron chi connectivity index (χ4n) is 2.12. The highest BCUT2D eigenvalue weighted by molar-refractivity contribution is 5.56. The maximum Gasteiger partial charge on any atom is 0.251 e. The van der Waals surface area contributed by atoms with Gasteiger partial charge in [-0.2, -0.15) is 5.10 Å². The molecule has 0 radical (unpaired) electrons. The third-order valence-corrected chi connectivity index (χ3v) is 3.08. The maximum atomic E-state index is 11.7. The van der Waals surface area contributed by atoms with Crippen LogP contribution in [0.4, 0.5) is 0 Å². The second-order valence-corrected chi connectivity index (χ2v) is 4.48. The zero-order valence-corrected chi connectivity index (χ0v) is 10.1. The minimum atomic E-state index is -0.134. The van der Waals surface area contributed by atoms with E-state index in [0.717, 1.165) is 18.6 Å². The molecule has 2 aromatic heterocycles. The van der Waals surface area contributed by atoms with Gasteiger partial charge in [-0.25, -0.2) is 4.98 Å². The summed E-state index contributed by atoms with van der Waals surface area (Å²) in [6.45, 7) is 1.35. The number of ether oxygens (including phenoxy) is 1. The number of aromatic amines is 1. The summed E-state index contributed by atoms with van der Waals surface area (Å²) in [6.07, 6.45) is 4.45. The first-order chi connectivity index (χ1) is 8.72. The number of nitrogens with zero attached hydrogens (tertiary/aromatic N) is 3. The van der Waals surface area contributed by atoms with Crippen LogP contribution >= 0.6 is 0 Å². The van der Waals surface area contributed by atoms with Crippen molar-refractivity contribution in [3.05, 3.63) is 34.6 Å². The highest BCUT2D eigenvalue weighted by atomic mass is 16.5. The minimum Gasteiger partial charge on any atom is -0.381 e. The second-order valence-electron chi connectivity index (χ2n) is 4.48. The molecule has 1 saturated heterocycles. The van der Waals surface area contributed by atoms with Crippen LogP contribution in [0.2, 0.25) is 0 Å². The normalized spacial score (nSPS) is 19.3. The minimum absolute atomic E-state index is 0.134. The third-order valence-electron chi connectivity index (χ3n) is 3.08. The first-order valence-corrected chi connectivity index (χ1v) is 5.90. The van der Waals surface area contributed by atoms with E-state index in [-0.39, 0.29) is 11.5 Å². The van der Waals surface area contributed by atoms with Crippen LogP contribution in [0.1, 0.15) is 18.2 Å². The molecule has 0 bridgehead atoms. The molecule has 0 amide bonds. The van der Waals surface area contributed by atoms with Gasteiger partial charge in [-0.15, -0.1) is 0 Å². The molecule has 3 rings (SSSR count). The lowest BCUT2D eigenvalue weighted by Crippen LogP contribution is -2.14. The molecule has 0 saturated carbocycles. The van der Waals surface area contributed by atoms with Crippen molar-refractivity contribution < 1.29 is 4.74 Å². The lowest BCUT2D eigenvalue weighted by Gasteiger charge is -2.07. The molecule has 94 valence electrons. The van der Waals surface area contributed by atoms with E-state index in [1.54, 1.807) is 10.9 Å². The highest BCUT2D eigenvalue weighted by Gasteiger charge is 2.20. The summed E-state index contributed by atoms with van der Waals surface area (Å²) < 4.78 is 7.01. The zero-order valence-electron chi connectivity index (χ0n) is 10.1. The number of H-pyrrole nitrogens is 1. The number of hydrogen-bond donors (Lipinski definition) is 1. The van der Waals surface area contributed by atoms with E-state index in [1.165, 1.54) is 6.07 Å². The molecule has 0 spiro atoms. The van der Waals surface area contributed by atoms with Gasteiger partial charge in [0.2, 0.25) is 0 Å². The summed E-state index contributed by atoms with van der Waals surface area (Å²) >= 11 is 0. The molecule has 3 heterocycles. The van der Waals surface area contributed by atoms with Crippen LogP contribution in [0.3, 0.4) is 0 Å². The van der Waals surface area contributed by atoms with Gasteiger partial charge in [0.05, 0.1) is 18.5 Å². The Hall–Kier alpha value is -1.95. The van der Waals surface area contributed by atoms with Gasteiger partial charge in [0.25, 0.3) is 5.56 Å². The van der Waals surface area contributed by atoms with Gasteiger partial charge in [0.15, 0.2) is 0 Å². The van der Waals surface area contributed by atoms with Crippen LogP contribution in [0.15, 0.2) is 23.3 Å². The SMILES string of the molecule is Cn1cc(-c2cc(=O)[nH]c(C3CCOC3)n2)cn1. The lowest BCUT2D eigenvalue weighted by atomic mass is 10.1. The molecular formula is C12H14N4O2. The average Bonchev–Trinajstić information content (AvgIpc) is 2.98. The fraction of sp³-hybridized carbons (Fsp3) is 0.417. The van der Waals surface area contributed by atoms with E-state index in [9.17, 15) is 4.79 Å². The predicted molar refractivity (Wildman–Crippen MR) is 65.2 cm³/mol. The zero-order chi connectivity index (χ0) is 12.5. The summed E-state index contributed by atoms with van der Waals surface area (Å²) in [6, 6.07) is 1.50. The number of aromatic nitrogens is 4.